The zero-order valence-electron chi connectivity index (χ0n) is 10.2. The monoisotopic (exact) mass is 245 g/mol. The number of aryl methyl sites for hydroxylation is 1. The van der Waals surface area contributed by atoms with Crippen LogP contribution in [0.25, 0.3) is 11.4 Å². The summed E-state index contributed by atoms with van der Waals surface area (Å²) in [6.45, 7) is 3.59. The summed E-state index contributed by atoms with van der Waals surface area (Å²) < 4.78 is 11.0. The number of hydrogen-bond donors (Lipinski definition) is 2. The summed E-state index contributed by atoms with van der Waals surface area (Å²) in [6, 6.07) is 5.81. The Hall–Kier alpha value is -2.01. The Balaban J connectivity index is 2.00. The quantitative estimate of drug-likeness (QED) is 0.843. The summed E-state index contributed by atoms with van der Waals surface area (Å²) in [6.07, 6.45) is 0. The SMILES string of the molecule is Cc1[nH]c(-c2ccc3c(c2)OCCO3)nc1CN. The number of benzene rings is 1. The largest absolute Gasteiger partial charge is 0.486 e. The predicted molar refractivity (Wildman–Crippen MR) is 67.6 cm³/mol. The van der Waals surface area contributed by atoms with Crippen LogP contribution in [0.3, 0.4) is 0 Å². The number of nitrogens with one attached hydrogen (secondary N) is 1. The van der Waals surface area contributed by atoms with Crippen LogP contribution >= 0.6 is 0 Å². The number of hydrogen-bond acceptors (Lipinski definition) is 4. The van der Waals surface area contributed by atoms with Crippen molar-refractivity contribution >= 4 is 0 Å². The number of aromatic amines is 1. The Morgan fingerprint density at radius 1 is 1.28 bits per heavy atom. The van der Waals surface area contributed by atoms with E-state index in [1.807, 2.05) is 25.1 Å². The van der Waals surface area contributed by atoms with Crippen molar-refractivity contribution in [3.63, 3.8) is 0 Å². The van der Waals surface area contributed by atoms with Gasteiger partial charge in [0.2, 0.25) is 0 Å². The van der Waals surface area contributed by atoms with Gasteiger partial charge in [0.05, 0.1) is 5.69 Å². The Bertz CT molecular complexity index is 578. The lowest BCUT2D eigenvalue weighted by atomic mass is 10.2. The normalized spacial score (nSPS) is 13.7. The maximum atomic E-state index is 5.63. The highest BCUT2D eigenvalue weighted by Gasteiger charge is 2.14. The maximum absolute atomic E-state index is 5.63. The molecule has 0 saturated carbocycles. The molecule has 0 aliphatic carbocycles. The number of rotatable bonds is 2. The first kappa shape index (κ1) is 11.1. The van der Waals surface area contributed by atoms with Gasteiger partial charge in [-0.2, -0.15) is 0 Å². The fourth-order valence-electron chi connectivity index (χ4n) is 2.02. The van der Waals surface area contributed by atoms with E-state index < -0.39 is 0 Å². The molecule has 3 rings (SSSR count). The molecule has 0 saturated heterocycles. The number of fused-ring (bicyclic) bond motifs is 1. The molecule has 5 heteroatoms. The molecular formula is C13H15N3O2. The van der Waals surface area contributed by atoms with Gasteiger partial charge < -0.3 is 20.2 Å². The number of aromatic nitrogens is 2. The highest BCUT2D eigenvalue weighted by molar-refractivity contribution is 5.62. The molecule has 1 aromatic heterocycles. The molecule has 18 heavy (non-hydrogen) atoms. The summed E-state index contributed by atoms with van der Waals surface area (Å²) in [7, 11) is 0. The van der Waals surface area contributed by atoms with E-state index in [1.54, 1.807) is 0 Å². The molecule has 2 aromatic rings. The van der Waals surface area contributed by atoms with Crippen molar-refractivity contribution in [3.8, 4) is 22.9 Å². The number of ether oxygens (including phenoxy) is 2. The summed E-state index contributed by atoms with van der Waals surface area (Å²) in [5.74, 6) is 2.36. The average Bonchev–Trinajstić information content (AvgIpc) is 2.79. The van der Waals surface area contributed by atoms with E-state index in [1.165, 1.54) is 0 Å². The fraction of sp³-hybridized carbons (Fsp3) is 0.308. The maximum Gasteiger partial charge on any atom is 0.162 e. The molecule has 1 aromatic carbocycles. The van der Waals surface area contributed by atoms with Crippen LogP contribution in [-0.2, 0) is 6.54 Å². The summed E-state index contributed by atoms with van der Waals surface area (Å²) >= 11 is 0. The van der Waals surface area contributed by atoms with Crippen LogP contribution in [0.2, 0.25) is 0 Å². The highest BCUT2D eigenvalue weighted by Crippen LogP contribution is 2.33. The van der Waals surface area contributed by atoms with Gasteiger partial charge in [-0.15, -0.1) is 0 Å². The third-order valence-corrected chi connectivity index (χ3v) is 2.99. The summed E-state index contributed by atoms with van der Waals surface area (Å²) in [5.41, 5.74) is 8.49. The smallest absolute Gasteiger partial charge is 0.162 e. The van der Waals surface area contributed by atoms with Crippen molar-refractivity contribution in [1.82, 2.24) is 9.97 Å². The van der Waals surface area contributed by atoms with Crippen molar-refractivity contribution in [2.75, 3.05) is 13.2 Å². The highest BCUT2D eigenvalue weighted by atomic mass is 16.6. The molecule has 5 nitrogen and oxygen atoms in total. The third kappa shape index (κ3) is 1.82. The van der Waals surface area contributed by atoms with Crippen LogP contribution in [0.1, 0.15) is 11.4 Å². The molecule has 0 unspecified atom stereocenters. The van der Waals surface area contributed by atoms with Crippen LogP contribution < -0.4 is 15.2 Å². The van der Waals surface area contributed by atoms with Crippen LogP contribution in [0.15, 0.2) is 18.2 Å². The Morgan fingerprint density at radius 3 is 2.78 bits per heavy atom. The second kappa shape index (κ2) is 4.34. The predicted octanol–water partition coefficient (Wildman–Crippen LogP) is 1.62. The van der Waals surface area contributed by atoms with E-state index in [0.29, 0.717) is 19.8 Å². The second-order valence-electron chi connectivity index (χ2n) is 4.22. The molecule has 3 N–H and O–H groups in total. The van der Waals surface area contributed by atoms with Crippen molar-refractivity contribution in [2.24, 2.45) is 5.73 Å². The Kier molecular flexibility index (Phi) is 2.68. The van der Waals surface area contributed by atoms with Gasteiger partial charge in [0.1, 0.15) is 19.0 Å². The lowest BCUT2D eigenvalue weighted by Gasteiger charge is -2.18. The first-order valence-electron chi connectivity index (χ1n) is 5.93. The number of imidazole rings is 1. The number of nitrogens with two attached hydrogens (primary N) is 1. The molecule has 0 spiro atoms. The van der Waals surface area contributed by atoms with Crippen molar-refractivity contribution in [1.29, 1.82) is 0 Å². The van der Waals surface area contributed by atoms with E-state index in [0.717, 1.165) is 34.3 Å². The van der Waals surface area contributed by atoms with Crippen molar-refractivity contribution in [2.45, 2.75) is 13.5 Å². The van der Waals surface area contributed by atoms with Gasteiger partial charge in [0, 0.05) is 17.8 Å². The standard InChI is InChI=1S/C13H15N3O2/c1-8-10(7-14)16-13(15-8)9-2-3-11-12(6-9)18-5-4-17-11/h2-3,6H,4-5,7,14H2,1H3,(H,15,16). The van der Waals surface area contributed by atoms with Crippen molar-refractivity contribution < 1.29 is 9.47 Å². The summed E-state index contributed by atoms with van der Waals surface area (Å²) in [4.78, 5) is 7.70. The molecule has 0 fully saturated rings. The number of H-pyrrole nitrogens is 1. The van der Waals surface area contributed by atoms with E-state index >= 15 is 0 Å². The van der Waals surface area contributed by atoms with E-state index in [-0.39, 0.29) is 0 Å². The van der Waals surface area contributed by atoms with Crippen molar-refractivity contribution in [3.05, 3.63) is 29.6 Å². The number of nitrogens with zero attached hydrogens (tertiary/aromatic N) is 1. The minimum atomic E-state index is 0.437. The van der Waals surface area contributed by atoms with E-state index in [2.05, 4.69) is 9.97 Å². The zero-order chi connectivity index (χ0) is 12.5. The third-order valence-electron chi connectivity index (χ3n) is 2.99. The van der Waals surface area contributed by atoms with Gasteiger partial charge in [-0.05, 0) is 25.1 Å². The topological polar surface area (TPSA) is 73.2 Å². The van der Waals surface area contributed by atoms with Gasteiger partial charge in [-0.25, -0.2) is 4.98 Å². The van der Waals surface area contributed by atoms with Gasteiger partial charge >= 0.3 is 0 Å². The average molecular weight is 245 g/mol. The molecule has 0 radical (unpaired) electrons. The van der Waals surface area contributed by atoms with E-state index in [9.17, 15) is 0 Å². The Labute approximate surface area is 105 Å². The molecular weight excluding hydrogens is 230 g/mol. The van der Waals surface area contributed by atoms with Crippen LogP contribution in [0, 0.1) is 6.92 Å². The van der Waals surface area contributed by atoms with Gasteiger partial charge in [-0.3, -0.25) is 0 Å². The van der Waals surface area contributed by atoms with E-state index in [4.69, 9.17) is 15.2 Å². The van der Waals surface area contributed by atoms with Gasteiger partial charge in [0.25, 0.3) is 0 Å². The summed E-state index contributed by atoms with van der Waals surface area (Å²) in [5, 5.41) is 0. The molecule has 94 valence electrons. The zero-order valence-corrected chi connectivity index (χ0v) is 10.2. The molecule has 0 bridgehead atoms. The second-order valence-corrected chi connectivity index (χ2v) is 4.22. The van der Waals surface area contributed by atoms with Crippen LogP contribution in [-0.4, -0.2) is 23.2 Å². The lowest BCUT2D eigenvalue weighted by Crippen LogP contribution is -2.15. The van der Waals surface area contributed by atoms with Gasteiger partial charge in [-0.1, -0.05) is 0 Å². The molecule has 1 aliphatic heterocycles. The minimum absolute atomic E-state index is 0.437. The molecule has 0 amide bonds. The van der Waals surface area contributed by atoms with Crippen LogP contribution in [0.4, 0.5) is 0 Å². The Morgan fingerprint density at radius 2 is 2.06 bits per heavy atom. The molecule has 0 atom stereocenters. The molecule has 1 aliphatic rings. The van der Waals surface area contributed by atoms with Gasteiger partial charge in [0.15, 0.2) is 11.5 Å². The fourth-order valence-corrected chi connectivity index (χ4v) is 2.02. The minimum Gasteiger partial charge on any atom is -0.486 e. The van der Waals surface area contributed by atoms with Crippen LogP contribution in [0.5, 0.6) is 11.5 Å². The first-order valence-corrected chi connectivity index (χ1v) is 5.93. The lowest BCUT2D eigenvalue weighted by molar-refractivity contribution is 0.171. The first-order chi connectivity index (χ1) is 8.78. The molecule has 2 heterocycles.